The first-order valence-corrected chi connectivity index (χ1v) is 6.49. The summed E-state index contributed by atoms with van der Waals surface area (Å²) in [4.78, 5) is 21.5. The smallest absolute Gasteiger partial charge is 0.384 e. The Hall–Kier alpha value is -2.06. The van der Waals surface area contributed by atoms with Crippen molar-refractivity contribution < 1.29 is 18.0 Å². The number of amides is 1. The molecule has 0 bridgehead atoms. The predicted octanol–water partition coefficient (Wildman–Crippen LogP) is 1.14. The Morgan fingerprint density at radius 2 is 1.95 bits per heavy atom. The number of anilines is 2. The highest BCUT2D eigenvalue weighted by Crippen LogP contribution is 2.28. The number of hydrogen-bond donors (Lipinski definition) is 1. The van der Waals surface area contributed by atoms with E-state index in [-0.39, 0.29) is 17.5 Å². The van der Waals surface area contributed by atoms with Crippen molar-refractivity contribution in [3.05, 3.63) is 11.9 Å². The minimum absolute atomic E-state index is 0.0463. The fourth-order valence-corrected chi connectivity index (χ4v) is 2.20. The molecule has 1 fully saturated rings. The van der Waals surface area contributed by atoms with Crippen LogP contribution in [0.15, 0.2) is 6.07 Å². The largest absolute Gasteiger partial charge is 0.451 e. The third kappa shape index (κ3) is 3.73. The molecule has 1 aromatic heterocycles. The summed E-state index contributed by atoms with van der Waals surface area (Å²) in [5, 5.41) is 0. The van der Waals surface area contributed by atoms with E-state index in [4.69, 9.17) is 5.73 Å². The minimum Gasteiger partial charge on any atom is -0.384 e. The maximum atomic E-state index is 12.7. The number of carbonyl (C=O) groups excluding carboxylic acids is 1. The number of nitrogens with two attached hydrogens (primary N) is 1. The van der Waals surface area contributed by atoms with Gasteiger partial charge in [0, 0.05) is 39.2 Å². The molecule has 1 aromatic rings. The minimum atomic E-state index is -4.64. The Bertz CT molecular complexity index is 534. The van der Waals surface area contributed by atoms with Crippen molar-refractivity contribution in [1.29, 1.82) is 0 Å². The Kier molecular flexibility index (Phi) is 4.19. The van der Waals surface area contributed by atoms with Crippen LogP contribution < -0.4 is 10.6 Å². The van der Waals surface area contributed by atoms with Crippen molar-refractivity contribution in [2.45, 2.75) is 19.5 Å². The van der Waals surface area contributed by atoms with Crippen molar-refractivity contribution in [1.82, 2.24) is 14.9 Å². The Morgan fingerprint density at radius 1 is 1.24 bits per heavy atom. The van der Waals surface area contributed by atoms with Gasteiger partial charge in [-0.3, -0.25) is 4.79 Å². The summed E-state index contributed by atoms with van der Waals surface area (Å²) in [6.45, 7) is 3.42. The van der Waals surface area contributed by atoms with Gasteiger partial charge >= 0.3 is 6.18 Å². The van der Waals surface area contributed by atoms with E-state index in [1.165, 1.54) is 13.0 Å². The normalized spacial score (nSPS) is 16.8. The topological polar surface area (TPSA) is 75.4 Å². The van der Waals surface area contributed by atoms with Crippen molar-refractivity contribution in [3.8, 4) is 0 Å². The van der Waals surface area contributed by atoms with Crippen LogP contribution in [0.25, 0.3) is 0 Å². The van der Waals surface area contributed by atoms with Crippen LogP contribution in [0.3, 0.4) is 0 Å². The molecule has 0 atom stereocenters. The second kappa shape index (κ2) is 5.74. The van der Waals surface area contributed by atoms with Crippen LogP contribution in [0.1, 0.15) is 19.2 Å². The summed E-state index contributed by atoms with van der Waals surface area (Å²) in [6.07, 6.45) is -3.98. The molecule has 0 saturated carbocycles. The second-order valence-electron chi connectivity index (χ2n) is 4.82. The zero-order valence-corrected chi connectivity index (χ0v) is 11.5. The molecule has 1 saturated heterocycles. The fraction of sp³-hybridized carbons (Fsp3) is 0.583. The van der Waals surface area contributed by atoms with E-state index in [0.717, 1.165) is 0 Å². The van der Waals surface area contributed by atoms with E-state index in [0.29, 0.717) is 32.6 Å². The number of rotatable bonds is 1. The van der Waals surface area contributed by atoms with Crippen LogP contribution in [-0.2, 0) is 11.0 Å². The number of aromatic nitrogens is 2. The molecule has 0 radical (unpaired) electrons. The lowest BCUT2D eigenvalue weighted by atomic mass is 10.3. The molecule has 116 valence electrons. The van der Waals surface area contributed by atoms with E-state index in [2.05, 4.69) is 9.97 Å². The lowest BCUT2D eigenvalue weighted by Gasteiger charge is -2.23. The molecule has 6 nitrogen and oxygen atoms in total. The summed E-state index contributed by atoms with van der Waals surface area (Å²) in [5.41, 5.74) is 5.44. The number of hydrogen-bond acceptors (Lipinski definition) is 5. The maximum Gasteiger partial charge on any atom is 0.451 e. The number of nitrogens with zero attached hydrogens (tertiary/aromatic N) is 4. The molecule has 2 N–H and O–H groups in total. The summed E-state index contributed by atoms with van der Waals surface area (Å²) in [5.74, 6) is -1.37. The van der Waals surface area contributed by atoms with Gasteiger partial charge in [-0.2, -0.15) is 13.2 Å². The quantitative estimate of drug-likeness (QED) is 0.842. The molecule has 21 heavy (non-hydrogen) atoms. The van der Waals surface area contributed by atoms with Crippen LogP contribution in [-0.4, -0.2) is 47.0 Å². The highest BCUT2D eigenvalue weighted by atomic mass is 19.4. The van der Waals surface area contributed by atoms with Gasteiger partial charge in [0.2, 0.25) is 11.7 Å². The van der Waals surface area contributed by atoms with Crippen LogP contribution in [0.4, 0.5) is 24.8 Å². The molecular formula is C12H16F3N5O. The van der Waals surface area contributed by atoms with Gasteiger partial charge in [0.05, 0.1) is 0 Å². The van der Waals surface area contributed by atoms with Crippen molar-refractivity contribution in [3.63, 3.8) is 0 Å². The number of alkyl halides is 3. The van der Waals surface area contributed by atoms with Gasteiger partial charge in [0.25, 0.3) is 0 Å². The Labute approximate surface area is 119 Å². The van der Waals surface area contributed by atoms with Crippen LogP contribution in [0, 0.1) is 0 Å². The van der Waals surface area contributed by atoms with Gasteiger partial charge in [0.15, 0.2) is 0 Å². The average molecular weight is 303 g/mol. The van der Waals surface area contributed by atoms with Gasteiger partial charge in [-0.25, -0.2) is 9.97 Å². The zero-order valence-electron chi connectivity index (χ0n) is 11.5. The molecule has 0 aromatic carbocycles. The van der Waals surface area contributed by atoms with E-state index < -0.39 is 12.0 Å². The first kappa shape index (κ1) is 15.3. The summed E-state index contributed by atoms with van der Waals surface area (Å²) >= 11 is 0. The monoisotopic (exact) mass is 303 g/mol. The first-order valence-electron chi connectivity index (χ1n) is 6.49. The van der Waals surface area contributed by atoms with Gasteiger partial charge in [-0.15, -0.1) is 0 Å². The van der Waals surface area contributed by atoms with Gasteiger partial charge < -0.3 is 15.5 Å². The van der Waals surface area contributed by atoms with Crippen molar-refractivity contribution in [2.75, 3.05) is 36.8 Å². The van der Waals surface area contributed by atoms with Gasteiger partial charge in [-0.05, 0) is 6.42 Å². The summed E-state index contributed by atoms with van der Waals surface area (Å²) in [6, 6.07) is 1.32. The molecule has 1 amide bonds. The Balaban J connectivity index is 2.22. The number of halogens is 3. The maximum absolute atomic E-state index is 12.7. The molecule has 0 unspecified atom stereocenters. The van der Waals surface area contributed by atoms with E-state index in [1.54, 1.807) is 9.80 Å². The standard InChI is InChI=1S/C12H16F3N5O/c1-8(21)19-3-2-4-20(6-5-19)10-7-9(16)17-11(18-10)12(13,14)15/h7H,2-6H2,1H3,(H2,16,17,18). The molecule has 2 heterocycles. The average Bonchev–Trinajstić information content (AvgIpc) is 2.62. The lowest BCUT2D eigenvalue weighted by Crippen LogP contribution is -2.34. The van der Waals surface area contributed by atoms with E-state index in [1.807, 2.05) is 0 Å². The van der Waals surface area contributed by atoms with Gasteiger partial charge in [-0.1, -0.05) is 0 Å². The van der Waals surface area contributed by atoms with Crippen molar-refractivity contribution in [2.24, 2.45) is 0 Å². The zero-order chi connectivity index (χ0) is 15.6. The molecule has 9 heteroatoms. The van der Waals surface area contributed by atoms with Crippen LogP contribution >= 0.6 is 0 Å². The first-order chi connectivity index (χ1) is 9.77. The molecule has 0 spiro atoms. The molecule has 1 aliphatic rings. The summed E-state index contributed by atoms with van der Waals surface area (Å²) < 4.78 is 38.1. The van der Waals surface area contributed by atoms with E-state index >= 15 is 0 Å². The third-order valence-corrected chi connectivity index (χ3v) is 3.25. The summed E-state index contributed by atoms with van der Waals surface area (Å²) in [7, 11) is 0. The molecule has 1 aliphatic heterocycles. The predicted molar refractivity (Wildman–Crippen MR) is 70.5 cm³/mol. The highest BCUT2D eigenvalue weighted by Gasteiger charge is 2.35. The SMILES string of the molecule is CC(=O)N1CCCN(c2cc(N)nc(C(F)(F)F)n2)CC1. The molecule has 2 rings (SSSR count). The van der Waals surface area contributed by atoms with Crippen molar-refractivity contribution >= 4 is 17.5 Å². The lowest BCUT2D eigenvalue weighted by molar-refractivity contribution is -0.144. The number of carbonyl (C=O) groups is 1. The Morgan fingerprint density at radius 3 is 2.57 bits per heavy atom. The number of nitrogen functional groups attached to an aromatic ring is 1. The highest BCUT2D eigenvalue weighted by molar-refractivity contribution is 5.73. The fourth-order valence-electron chi connectivity index (χ4n) is 2.20. The second-order valence-corrected chi connectivity index (χ2v) is 4.82. The van der Waals surface area contributed by atoms with Crippen LogP contribution in [0.2, 0.25) is 0 Å². The van der Waals surface area contributed by atoms with E-state index in [9.17, 15) is 18.0 Å². The molecular weight excluding hydrogens is 287 g/mol. The van der Waals surface area contributed by atoms with Crippen LogP contribution in [0.5, 0.6) is 0 Å². The molecule has 0 aliphatic carbocycles. The third-order valence-electron chi connectivity index (χ3n) is 3.25. The van der Waals surface area contributed by atoms with Gasteiger partial charge in [0.1, 0.15) is 11.6 Å².